The summed E-state index contributed by atoms with van der Waals surface area (Å²) in [5.74, 6) is 0.781. The standard InChI is InChI=1S/C24H31NO4/c1-3-28-22-11-9-21(10-12-22)24(13-15-27-16-14-24)18-25-23(26)19(2)29-17-20-7-5-4-6-8-20/h4-12,19H,3,13-18H2,1-2H3,(H,25,26). The topological polar surface area (TPSA) is 56.8 Å². The monoisotopic (exact) mass is 397 g/mol. The Bertz CT molecular complexity index is 754. The maximum atomic E-state index is 12.6. The number of ether oxygens (including phenoxy) is 3. The van der Waals surface area contributed by atoms with Gasteiger partial charge in [-0.2, -0.15) is 0 Å². The molecule has 0 bridgehead atoms. The van der Waals surface area contributed by atoms with Crippen LogP contribution in [0.1, 0.15) is 37.8 Å². The number of benzene rings is 2. The second-order valence-electron chi connectivity index (χ2n) is 7.51. The van der Waals surface area contributed by atoms with Gasteiger partial charge in [-0.05, 0) is 49.9 Å². The third-order valence-electron chi connectivity index (χ3n) is 5.54. The molecule has 5 heteroatoms. The van der Waals surface area contributed by atoms with Crippen molar-refractivity contribution in [3.05, 3.63) is 65.7 Å². The molecule has 1 fully saturated rings. The molecule has 0 aromatic heterocycles. The van der Waals surface area contributed by atoms with Crippen LogP contribution in [0.4, 0.5) is 0 Å². The molecule has 0 spiro atoms. The van der Waals surface area contributed by atoms with Crippen molar-refractivity contribution in [1.29, 1.82) is 0 Å². The third kappa shape index (κ3) is 5.81. The lowest BCUT2D eigenvalue weighted by molar-refractivity contribution is -0.133. The van der Waals surface area contributed by atoms with Gasteiger partial charge < -0.3 is 19.5 Å². The van der Waals surface area contributed by atoms with E-state index >= 15 is 0 Å². The Morgan fingerprint density at radius 3 is 2.45 bits per heavy atom. The molecule has 1 heterocycles. The number of hydrogen-bond acceptors (Lipinski definition) is 4. The Balaban J connectivity index is 1.60. The average Bonchev–Trinajstić information content (AvgIpc) is 2.78. The maximum absolute atomic E-state index is 12.6. The van der Waals surface area contributed by atoms with E-state index in [0.29, 0.717) is 33.0 Å². The molecule has 1 aliphatic rings. The molecule has 1 amide bonds. The van der Waals surface area contributed by atoms with Crippen molar-refractivity contribution >= 4 is 5.91 Å². The van der Waals surface area contributed by atoms with Crippen LogP contribution >= 0.6 is 0 Å². The zero-order valence-corrected chi connectivity index (χ0v) is 17.4. The number of hydrogen-bond donors (Lipinski definition) is 1. The summed E-state index contributed by atoms with van der Waals surface area (Å²) in [6.45, 7) is 6.81. The molecule has 0 radical (unpaired) electrons. The van der Waals surface area contributed by atoms with Gasteiger partial charge in [0.25, 0.3) is 0 Å². The van der Waals surface area contributed by atoms with Crippen molar-refractivity contribution in [3.63, 3.8) is 0 Å². The van der Waals surface area contributed by atoms with E-state index in [1.165, 1.54) is 5.56 Å². The molecule has 2 aromatic carbocycles. The van der Waals surface area contributed by atoms with E-state index < -0.39 is 6.10 Å². The van der Waals surface area contributed by atoms with Crippen LogP contribution in [0.5, 0.6) is 5.75 Å². The largest absolute Gasteiger partial charge is 0.494 e. The first-order valence-corrected chi connectivity index (χ1v) is 10.4. The fourth-order valence-electron chi connectivity index (χ4n) is 3.67. The van der Waals surface area contributed by atoms with Crippen LogP contribution in [-0.4, -0.2) is 38.4 Å². The summed E-state index contributed by atoms with van der Waals surface area (Å²) < 4.78 is 16.9. The Hall–Kier alpha value is -2.37. The number of nitrogens with one attached hydrogen (secondary N) is 1. The van der Waals surface area contributed by atoms with E-state index in [1.54, 1.807) is 6.92 Å². The first-order chi connectivity index (χ1) is 14.1. The number of carbonyl (C=O) groups is 1. The molecular weight excluding hydrogens is 366 g/mol. The minimum absolute atomic E-state index is 0.0854. The summed E-state index contributed by atoms with van der Waals surface area (Å²) in [5, 5.41) is 3.12. The van der Waals surface area contributed by atoms with Gasteiger partial charge in [0.05, 0.1) is 13.2 Å². The fraction of sp³-hybridized carbons (Fsp3) is 0.458. The highest BCUT2D eigenvalue weighted by Crippen LogP contribution is 2.35. The molecular formula is C24H31NO4. The first-order valence-electron chi connectivity index (χ1n) is 10.4. The molecule has 3 rings (SSSR count). The second-order valence-corrected chi connectivity index (χ2v) is 7.51. The highest BCUT2D eigenvalue weighted by Gasteiger charge is 2.35. The van der Waals surface area contributed by atoms with Crippen molar-refractivity contribution in [1.82, 2.24) is 5.32 Å². The number of amides is 1. The molecule has 29 heavy (non-hydrogen) atoms. The van der Waals surface area contributed by atoms with Crippen LogP contribution in [0.15, 0.2) is 54.6 Å². The van der Waals surface area contributed by atoms with Gasteiger partial charge in [0.15, 0.2) is 0 Å². The van der Waals surface area contributed by atoms with Crippen molar-refractivity contribution in [2.75, 3.05) is 26.4 Å². The predicted molar refractivity (Wildman–Crippen MR) is 113 cm³/mol. The van der Waals surface area contributed by atoms with E-state index in [1.807, 2.05) is 49.4 Å². The highest BCUT2D eigenvalue weighted by atomic mass is 16.5. The first kappa shape index (κ1) is 21.3. The smallest absolute Gasteiger partial charge is 0.248 e. The van der Waals surface area contributed by atoms with Crippen LogP contribution in [0.2, 0.25) is 0 Å². The minimum Gasteiger partial charge on any atom is -0.494 e. The van der Waals surface area contributed by atoms with Crippen LogP contribution in [-0.2, 0) is 26.3 Å². The molecule has 1 unspecified atom stereocenters. The lowest BCUT2D eigenvalue weighted by Gasteiger charge is -2.38. The van der Waals surface area contributed by atoms with Gasteiger partial charge in [0, 0.05) is 25.2 Å². The van der Waals surface area contributed by atoms with Gasteiger partial charge >= 0.3 is 0 Å². The lowest BCUT2D eigenvalue weighted by Crippen LogP contribution is -2.47. The minimum atomic E-state index is -0.507. The van der Waals surface area contributed by atoms with Gasteiger partial charge in [-0.1, -0.05) is 42.5 Å². The van der Waals surface area contributed by atoms with E-state index in [2.05, 4.69) is 17.4 Å². The summed E-state index contributed by atoms with van der Waals surface area (Å²) in [4.78, 5) is 12.6. The van der Waals surface area contributed by atoms with Crippen molar-refractivity contribution in [2.24, 2.45) is 0 Å². The molecule has 1 N–H and O–H groups in total. The Morgan fingerprint density at radius 2 is 1.79 bits per heavy atom. The van der Waals surface area contributed by atoms with Crippen LogP contribution in [0.25, 0.3) is 0 Å². The summed E-state index contributed by atoms with van der Waals surface area (Å²) in [6.07, 6.45) is 1.24. The zero-order valence-electron chi connectivity index (χ0n) is 17.4. The van der Waals surface area contributed by atoms with Crippen LogP contribution in [0, 0.1) is 0 Å². The lowest BCUT2D eigenvalue weighted by atomic mass is 9.74. The molecule has 1 saturated heterocycles. The third-order valence-corrected chi connectivity index (χ3v) is 5.54. The molecule has 0 aliphatic carbocycles. The predicted octanol–water partition coefficient (Wildman–Crippen LogP) is 3.86. The summed E-state index contributed by atoms with van der Waals surface area (Å²) >= 11 is 0. The van der Waals surface area contributed by atoms with Gasteiger partial charge in [0.1, 0.15) is 11.9 Å². The highest BCUT2D eigenvalue weighted by molar-refractivity contribution is 5.80. The average molecular weight is 398 g/mol. The van der Waals surface area contributed by atoms with E-state index in [0.717, 1.165) is 24.2 Å². The molecule has 1 aliphatic heterocycles. The van der Waals surface area contributed by atoms with E-state index in [4.69, 9.17) is 14.2 Å². The van der Waals surface area contributed by atoms with Crippen LogP contribution < -0.4 is 10.1 Å². The Kier molecular flexibility index (Phi) is 7.67. The van der Waals surface area contributed by atoms with Gasteiger partial charge in [-0.25, -0.2) is 0 Å². The molecule has 1 atom stereocenters. The molecule has 0 saturated carbocycles. The fourth-order valence-corrected chi connectivity index (χ4v) is 3.67. The Labute approximate surface area is 173 Å². The van der Waals surface area contributed by atoms with Gasteiger partial charge in [-0.15, -0.1) is 0 Å². The van der Waals surface area contributed by atoms with Gasteiger partial charge in [-0.3, -0.25) is 4.79 Å². The van der Waals surface area contributed by atoms with Crippen molar-refractivity contribution < 1.29 is 19.0 Å². The molecule has 156 valence electrons. The van der Waals surface area contributed by atoms with E-state index in [-0.39, 0.29) is 11.3 Å². The molecule has 2 aromatic rings. The number of rotatable bonds is 9. The quantitative estimate of drug-likeness (QED) is 0.698. The van der Waals surface area contributed by atoms with E-state index in [9.17, 15) is 4.79 Å². The second kappa shape index (κ2) is 10.4. The van der Waals surface area contributed by atoms with Crippen molar-refractivity contribution in [2.45, 2.75) is 44.8 Å². The number of carbonyl (C=O) groups excluding carboxylic acids is 1. The van der Waals surface area contributed by atoms with Gasteiger partial charge in [0.2, 0.25) is 5.91 Å². The normalized spacial score (nSPS) is 16.8. The van der Waals surface area contributed by atoms with Crippen molar-refractivity contribution in [3.8, 4) is 5.75 Å². The SMILES string of the molecule is CCOc1ccc(C2(CNC(=O)C(C)OCc3ccccc3)CCOCC2)cc1. The summed E-state index contributed by atoms with van der Waals surface area (Å²) in [6, 6.07) is 18.1. The molecule has 5 nitrogen and oxygen atoms in total. The summed E-state index contributed by atoms with van der Waals surface area (Å²) in [7, 11) is 0. The summed E-state index contributed by atoms with van der Waals surface area (Å²) in [5.41, 5.74) is 2.14. The van der Waals surface area contributed by atoms with Crippen LogP contribution in [0.3, 0.4) is 0 Å². The maximum Gasteiger partial charge on any atom is 0.248 e. The Morgan fingerprint density at radius 1 is 1.10 bits per heavy atom. The zero-order chi connectivity index (χ0) is 20.5.